The quantitative estimate of drug-likeness (QED) is 0.430. The van der Waals surface area contributed by atoms with Crippen molar-refractivity contribution in [1.29, 1.82) is 5.26 Å². The lowest BCUT2D eigenvalue weighted by Gasteiger charge is -2.21. The number of fused-ring (bicyclic) bond motifs is 1. The number of hydrogen-bond donors (Lipinski definition) is 3. The molecule has 0 spiro atoms. The van der Waals surface area contributed by atoms with E-state index in [1.165, 1.54) is 18.2 Å². The SMILES string of the molecule is CC(C)C[C@H](CC(=O)c1cc2c(OC(F)F)cccc2[nH]1)C(=O)N[C@H](C#N)CC1CCNC1=O. The van der Waals surface area contributed by atoms with Gasteiger partial charge in [-0.1, -0.05) is 19.9 Å². The van der Waals surface area contributed by atoms with Crippen molar-refractivity contribution >= 4 is 28.5 Å². The van der Waals surface area contributed by atoms with Gasteiger partial charge in [0.25, 0.3) is 0 Å². The summed E-state index contributed by atoms with van der Waals surface area (Å²) in [7, 11) is 0. The molecule has 3 rings (SSSR count). The Bertz CT molecular complexity index is 1090. The molecule has 2 amide bonds. The average molecular weight is 475 g/mol. The van der Waals surface area contributed by atoms with E-state index in [2.05, 4.69) is 20.4 Å². The predicted molar refractivity (Wildman–Crippen MR) is 120 cm³/mol. The number of rotatable bonds is 11. The Morgan fingerprint density at radius 3 is 2.71 bits per heavy atom. The molecule has 1 saturated heterocycles. The summed E-state index contributed by atoms with van der Waals surface area (Å²) in [4.78, 5) is 40.7. The first-order valence-corrected chi connectivity index (χ1v) is 11.2. The van der Waals surface area contributed by atoms with Crippen molar-refractivity contribution in [2.45, 2.75) is 52.2 Å². The molecule has 0 radical (unpaired) electrons. The molecular formula is C24H28F2N4O4. The highest BCUT2D eigenvalue weighted by molar-refractivity contribution is 6.02. The number of carbonyl (C=O) groups excluding carboxylic acids is 3. The van der Waals surface area contributed by atoms with Crippen LogP contribution >= 0.6 is 0 Å². The Hall–Kier alpha value is -3.48. The molecule has 1 aromatic carbocycles. The van der Waals surface area contributed by atoms with Crippen LogP contribution < -0.4 is 15.4 Å². The molecule has 10 heteroatoms. The highest BCUT2D eigenvalue weighted by Crippen LogP contribution is 2.29. The molecule has 1 fully saturated rings. The number of alkyl halides is 2. The minimum atomic E-state index is -3.00. The van der Waals surface area contributed by atoms with Gasteiger partial charge in [-0.25, -0.2) is 0 Å². The van der Waals surface area contributed by atoms with Crippen LogP contribution in [0, 0.1) is 29.1 Å². The van der Waals surface area contributed by atoms with Gasteiger partial charge in [0.1, 0.15) is 11.8 Å². The Morgan fingerprint density at radius 2 is 2.09 bits per heavy atom. The maximum Gasteiger partial charge on any atom is 0.387 e. The number of aromatic amines is 1. The second kappa shape index (κ2) is 11.1. The van der Waals surface area contributed by atoms with Crippen molar-refractivity contribution < 1.29 is 27.9 Å². The topological polar surface area (TPSA) is 124 Å². The van der Waals surface area contributed by atoms with E-state index >= 15 is 0 Å². The summed E-state index contributed by atoms with van der Waals surface area (Å²) in [5, 5.41) is 15.2. The Balaban J connectivity index is 1.72. The maximum atomic E-state index is 13.0. The molecule has 1 unspecified atom stereocenters. The van der Waals surface area contributed by atoms with E-state index in [-0.39, 0.29) is 47.8 Å². The summed E-state index contributed by atoms with van der Waals surface area (Å²) in [5.41, 5.74) is 0.645. The molecule has 34 heavy (non-hydrogen) atoms. The molecule has 0 saturated carbocycles. The van der Waals surface area contributed by atoms with Gasteiger partial charge in [-0.15, -0.1) is 0 Å². The molecule has 0 bridgehead atoms. The van der Waals surface area contributed by atoms with E-state index in [9.17, 15) is 28.4 Å². The van der Waals surface area contributed by atoms with Crippen molar-refractivity contribution in [3.63, 3.8) is 0 Å². The second-order valence-corrected chi connectivity index (χ2v) is 8.94. The summed E-state index contributed by atoms with van der Waals surface area (Å²) >= 11 is 0. The summed E-state index contributed by atoms with van der Waals surface area (Å²) in [6.07, 6.45) is 1.12. The largest absolute Gasteiger partial charge is 0.434 e. The van der Waals surface area contributed by atoms with Gasteiger partial charge in [-0.3, -0.25) is 14.4 Å². The minimum Gasteiger partial charge on any atom is -0.434 e. The van der Waals surface area contributed by atoms with E-state index in [0.717, 1.165) is 0 Å². The molecule has 3 atom stereocenters. The highest BCUT2D eigenvalue weighted by atomic mass is 19.3. The molecular weight excluding hydrogens is 446 g/mol. The lowest BCUT2D eigenvalue weighted by molar-refractivity contribution is -0.127. The number of amides is 2. The number of ketones is 1. The molecule has 182 valence electrons. The van der Waals surface area contributed by atoms with Crippen LogP contribution in [0.3, 0.4) is 0 Å². The Kier molecular flexibility index (Phi) is 8.21. The maximum absolute atomic E-state index is 13.0. The van der Waals surface area contributed by atoms with Crippen LogP contribution in [0.15, 0.2) is 24.3 Å². The molecule has 1 aliphatic heterocycles. The van der Waals surface area contributed by atoms with Crippen molar-refractivity contribution in [2.24, 2.45) is 17.8 Å². The van der Waals surface area contributed by atoms with Gasteiger partial charge in [0.05, 0.1) is 11.8 Å². The zero-order valence-corrected chi connectivity index (χ0v) is 19.1. The van der Waals surface area contributed by atoms with Crippen LogP contribution in [-0.2, 0) is 9.59 Å². The summed E-state index contributed by atoms with van der Waals surface area (Å²) in [6, 6.07) is 7.20. The van der Waals surface area contributed by atoms with E-state index in [1.807, 2.05) is 19.9 Å². The normalized spacial score (nSPS) is 17.4. The molecule has 2 heterocycles. The van der Waals surface area contributed by atoms with Crippen molar-refractivity contribution in [1.82, 2.24) is 15.6 Å². The van der Waals surface area contributed by atoms with Crippen LogP contribution in [0.5, 0.6) is 5.75 Å². The number of halogens is 2. The average Bonchev–Trinajstić information content (AvgIpc) is 3.39. The zero-order chi connectivity index (χ0) is 24.8. The number of ether oxygens (including phenoxy) is 1. The van der Waals surface area contributed by atoms with Gasteiger partial charge < -0.3 is 20.4 Å². The molecule has 3 N–H and O–H groups in total. The van der Waals surface area contributed by atoms with Crippen molar-refractivity contribution in [3.05, 3.63) is 30.0 Å². The number of nitrogens with one attached hydrogen (secondary N) is 3. The molecule has 1 aromatic heterocycles. The van der Waals surface area contributed by atoms with Crippen LogP contribution in [0.25, 0.3) is 10.9 Å². The minimum absolute atomic E-state index is 0.0490. The Morgan fingerprint density at radius 1 is 1.32 bits per heavy atom. The highest BCUT2D eigenvalue weighted by Gasteiger charge is 2.30. The number of aromatic nitrogens is 1. The van der Waals surface area contributed by atoms with Crippen LogP contribution in [0.1, 0.15) is 50.0 Å². The van der Waals surface area contributed by atoms with Gasteiger partial charge in [-0.05, 0) is 43.4 Å². The molecule has 0 aliphatic carbocycles. The van der Waals surface area contributed by atoms with E-state index in [1.54, 1.807) is 6.07 Å². The second-order valence-electron chi connectivity index (χ2n) is 8.94. The molecule has 2 aromatic rings. The van der Waals surface area contributed by atoms with Gasteiger partial charge in [0.15, 0.2) is 5.78 Å². The fourth-order valence-electron chi connectivity index (χ4n) is 4.25. The monoisotopic (exact) mass is 474 g/mol. The third-order valence-corrected chi connectivity index (χ3v) is 5.85. The van der Waals surface area contributed by atoms with E-state index in [4.69, 9.17) is 0 Å². The fourth-order valence-corrected chi connectivity index (χ4v) is 4.25. The van der Waals surface area contributed by atoms with Crippen LogP contribution in [-0.4, -0.2) is 41.8 Å². The number of H-pyrrole nitrogens is 1. The predicted octanol–water partition coefficient (Wildman–Crippen LogP) is 3.54. The standard InChI is InChI=1S/C24H28F2N4O4/c1-13(2)8-15(23(33)29-16(12-27)9-14-6-7-28-22(14)32)10-20(31)19-11-17-18(30-19)4-3-5-21(17)34-24(25)26/h3-5,11,13-16,24,30H,6-10H2,1-2H3,(H,28,32)(H,29,33)/t14?,15-,16+/m1/s1. The fraction of sp³-hybridized carbons (Fsp3) is 0.500. The first-order valence-electron chi connectivity index (χ1n) is 11.2. The third kappa shape index (κ3) is 6.31. The number of carbonyl (C=O) groups is 3. The zero-order valence-electron chi connectivity index (χ0n) is 19.1. The first kappa shape index (κ1) is 25.1. The van der Waals surface area contributed by atoms with Gasteiger partial charge in [0.2, 0.25) is 11.8 Å². The van der Waals surface area contributed by atoms with Crippen LogP contribution in [0.2, 0.25) is 0 Å². The lowest BCUT2D eigenvalue weighted by Crippen LogP contribution is -2.41. The number of benzene rings is 1. The van der Waals surface area contributed by atoms with E-state index < -0.39 is 24.5 Å². The number of hydrogen-bond acceptors (Lipinski definition) is 5. The van der Waals surface area contributed by atoms with Gasteiger partial charge >= 0.3 is 6.61 Å². The van der Waals surface area contributed by atoms with Crippen LogP contribution in [0.4, 0.5) is 8.78 Å². The Labute approximate surface area is 196 Å². The van der Waals surface area contributed by atoms with Crippen molar-refractivity contribution in [3.8, 4) is 11.8 Å². The first-order chi connectivity index (χ1) is 16.2. The summed E-state index contributed by atoms with van der Waals surface area (Å²) in [5.74, 6) is -1.87. The molecule has 1 aliphatic rings. The lowest BCUT2D eigenvalue weighted by atomic mass is 9.90. The van der Waals surface area contributed by atoms with Gasteiger partial charge in [-0.2, -0.15) is 14.0 Å². The summed E-state index contributed by atoms with van der Waals surface area (Å²) < 4.78 is 29.9. The number of Topliss-reactive ketones (excluding diaryl/α,β-unsaturated/α-hetero) is 1. The smallest absolute Gasteiger partial charge is 0.387 e. The van der Waals surface area contributed by atoms with Gasteiger partial charge in [0, 0.05) is 35.7 Å². The van der Waals surface area contributed by atoms with E-state index in [0.29, 0.717) is 30.3 Å². The van der Waals surface area contributed by atoms with Crippen molar-refractivity contribution in [2.75, 3.05) is 6.54 Å². The number of nitrogens with zero attached hydrogens (tertiary/aromatic N) is 1. The summed E-state index contributed by atoms with van der Waals surface area (Å²) in [6.45, 7) is 1.40. The number of nitriles is 1. The third-order valence-electron chi connectivity index (χ3n) is 5.85. The molecule has 8 nitrogen and oxygen atoms in total.